The number of hydrogen-bond acceptors (Lipinski definition) is 3. The summed E-state index contributed by atoms with van der Waals surface area (Å²) in [5.74, 6) is -0.884. The van der Waals surface area contributed by atoms with Crippen LogP contribution in [-0.2, 0) is 4.79 Å². The molecule has 0 spiro atoms. The summed E-state index contributed by atoms with van der Waals surface area (Å²) in [6, 6.07) is 4.16. The van der Waals surface area contributed by atoms with Crippen molar-refractivity contribution in [1.29, 1.82) is 0 Å². The van der Waals surface area contributed by atoms with Crippen molar-refractivity contribution in [2.75, 3.05) is 13.1 Å². The Morgan fingerprint density at radius 2 is 2.33 bits per heavy atom. The molecule has 0 saturated carbocycles. The Kier molecular flexibility index (Phi) is 3.00. The monoisotopic (exact) mass is 245 g/mol. The predicted molar refractivity (Wildman–Crippen MR) is 60.4 cm³/mol. The van der Waals surface area contributed by atoms with E-state index >= 15 is 0 Å². The van der Waals surface area contributed by atoms with Gasteiger partial charge < -0.3 is 5.11 Å². The molecule has 1 atom stereocenters. The summed E-state index contributed by atoms with van der Waals surface area (Å²) in [4.78, 5) is 14.0. The maximum Gasteiger partial charge on any atom is 0.309 e. The molecule has 0 aromatic carbocycles. The van der Waals surface area contributed by atoms with Crippen molar-refractivity contribution >= 4 is 28.9 Å². The predicted octanol–water partition coefficient (Wildman–Crippen LogP) is 2.48. The molecule has 0 aliphatic carbocycles. The van der Waals surface area contributed by atoms with Gasteiger partial charge in [0.1, 0.15) is 0 Å². The highest BCUT2D eigenvalue weighted by Gasteiger charge is 2.35. The lowest BCUT2D eigenvalue weighted by molar-refractivity contribution is -0.148. The lowest BCUT2D eigenvalue weighted by Gasteiger charge is -2.40. The minimum absolute atomic E-state index is 0.192. The van der Waals surface area contributed by atoms with E-state index in [1.54, 1.807) is 11.3 Å². The fourth-order valence-corrected chi connectivity index (χ4v) is 2.87. The van der Waals surface area contributed by atoms with E-state index in [2.05, 4.69) is 11.8 Å². The first-order valence-electron chi connectivity index (χ1n) is 4.80. The number of likely N-dealkylation sites (tertiary alicyclic amines) is 1. The fraction of sp³-hybridized carbons (Fsp3) is 0.500. The first-order valence-corrected chi connectivity index (χ1v) is 5.99. The zero-order valence-electron chi connectivity index (χ0n) is 8.31. The molecule has 0 radical (unpaired) electrons. The van der Waals surface area contributed by atoms with Crippen LogP contribution >= 0.6 is 22.9 Å². The van der Waals surface area contributed by atoms with Crippen molar-refractivity contribution in [2.45, 2.75) is 13.0 Å². The molecule has 15 heavy (non-hydrogen) atoms. The van der Waals surface area contributed by atoms with Gasteiger partial charge in [-0.15, -0.1) is 11.3 Å². The second-order valence-electron chi connectivity index (χ2n) is 3.81. The Morgan fingerprint density at radius 1 is 1.67 bits per heavy atom. The Labute approximate surface area is 97.3 Å². The van der Waals surface area contributed by atoms with Crippen LogP contribution in [0.25, 0.3) is 0 Å². The summed E-state index contributed by atoms with van der Waals surface area (Å²) in [7, 11) is 0. The third kappa shape index (κ3) is 2.17. The van der Waals surface area contributed by atoms with Crippen LogP contribution in [0.5, 0.6) is 0 Å². The van der Waals surface area contributed by atoms with E-state index in [4.69, 9.17) is 16.7 Å². The van der Waals surface area contributed by atoms with E-state index in [0.717, 1.165) is 4.34 Å². The smallest absolute Gasteiger partial charge is 0.309 e. The average Bonchev–Trinajstić information content (AvgIpc) is 2.48. The van der Waals surface area contributed by atoms with E-state index in [1.165, 1.54) is 4.88 Å². The first kappa shape index (κ1) is 10.9. The highest BCUT2D eigenvalue weighted by molar-refractivity contribution is 7.16. The van der Waals surface area contributed by atoms with Crippen molar-refractivity contribution < 1.29 is 9.90 Å². The summed E-state index contributed by atoms with van der Waals surface area (Å²) in [5, 5.41) is 8.76. The number of aliphatic carboxylic acids is 1. The topological polar surface area (TPSA) is 40.5 Å². The van der Waals surface area contributed by atoms with E-state index < -0.39 is 5.97 Å². The van der Waals surface area contributed by atoms with Crippen LogP contribution in [0.3, 0.4) is 0 Å². The molecule has 1 aliphatic heterocycles. The maximum absolute atomic E-state index is 10.6. The first-order chi connectivity index (χ1) is 7.08. The summed E-state index contributed by atoms with van der Waals surface area (Å²) >= 11 is 7.41. The molecule has 0 amide bonds. The SMILES string of the molecule is CC(c1ccc(Cl)s1)N1CC(C(=O)O)C1. The summed E-state index contributed by atoms with van der Waals surface area (Å²) in [6.07, 6.45) is 0. The van der Waals surface area contributed by atoms with Crippen LogP contribution in [0.1, 0.15) is 17.8 Å². The molecule has 2 heterocycles. The highest BCUT2D eigenvalue weighted by atomic mass is 35.5. The maximum atomic E-state index is 10.6. The van der Waals surface area contributed by atoms with Gasteiger partial charge in [0.25, 0.3) is 0 Å². The molecule has 1 N–H and O–H groups in total. The molecular weight excluding hydrogens is 234 g/mol. The number of halogens is 1. The molecule has 3 nitrogen and oxygen atoms in total. The van der Waals surface area contributed by atoms with Crippen LogP contribution in [0.2, 0.25) is 4.34 Å². The molecule has 1 saturated heterocycles. The zero-order chi connectivity index (χ0) is 11.0. The van der Waals surface area contributed by atoms with Crippen molar-refractivity contribution in [1.82, 2.24) is 4.90 Å². The molecule has 1 unspecified atom stereocenters. The van der Waals surface area contributed by atoms with Crippen LogP contribution < -0.4 is 0 Å². The van der Waals surface area contributed by atoms with Gasteiger partial charge in [0.2, 0.25) is 0 Å². The highest BCUT2D eigenvalue weighted by Crippen LogP contribution is 2.33. The van der Waals surface area contributed by atoms with Gasteiger partial charge in [0, 0.05) is 24.0 Å². The van der Waals surface area contributed by atoms with E-state index in [0.29, 0.717) is 13.1 Å². The van der Waals surface area contributed by atoms with Gasteiger partial charge >= 0.3 is 5.97 Å². The fourth-order valence-electron chi connectivity index (χ4n) is 1.72. The van der Waals surface area contributed by atoms with Crippen molar-refractivity contribution in [3.8, 4) is 0 Å². The largest absolute Gasteiger partial charge is 0.481 e. The molecule has 1 aliphatic rings. The number of rotatable bonds is 3. The van der Waals surface area contributed by atoms with Crippen LogP contribution in [0.15, 0.2) is 12.1 Å². The molecule has 5 heteroatoms. The quantitative estimate of drug-likeness (QED) is 0.890. The van der Waals surface area contributed by atoms with E-state index in [1.807, 2.05) is 12.1 Å². The number of thiophene rings is 1. The van der Waals surface area contributed by atoms with E-state index in [-0.39, 0.29) is 12.0 Å². The van der Waals surface area contributed by atoms with Gasteiger partial charge in [-0.25, -0.2) is 0 Å². The van der Waals surface area contributed by atoms with Gasteiger partial charge in [0.15, 0.2) is 0 Å². The third-order valence-corrected chi connectivity index (χ3v) is 4.21. The minimum Gasteiger partial charge on any atom is -0.481 e. The average molecular weight is 246 g/mol. The second-order valence-corrected chi connectivity index (χ2v) is 5.55. The lowest BCUT2D eigenvalue weighted by atomic mass is 9.98. The number of carboxylic acid groups (broad SMARTS) is 1. The normalized spacial score (nSPS) is 19.9. The van der Waals surface area contributed by atoms with Crippen molar-refractivity contribution in [2.24, 2.45) is 5.92 Å². The molecular formula is C10H12ClNO2S. The molecule has 1 aromatic heterocycles. The summed E-state index contributed by atoms with van der Waals surface area (Å²) < 4.78 is 0.784. The minimum atomic E-state index is -0.692. The van der Waals surface area contributed by atoms with Gasteiger partial charge in [-0.1, -0.05) is 11.6 Å². The molecule has 1 fully saturated rings. The second kappa shape index (κ2) is 4.12. The van der Waals surface area contributed by atoms with Gasteiger partial charge in [0.05, 0.1) is 10.3 Å². The van der Waals surface area contributed by atoms with Gasteiger partial charge in [-0.2, -0.15) is 0 Å². The lowest BCUT2D eigenvalue weighted by Crippen LogP contribution is -2.50. The summed E-state index contributed by atoms with van der Waals surface area (Å²) in [5.41, 5.74) is 0. The van der Waals surface area contributed by atoms with Crippen molar-refractivity contribution in [3.63, 3.8) is 0 Å². The third-order valence-electron chi connectivity index (χ3n) is 2.81. The number of carbonyl (C=O) groups is 1. The molecule has 82 valence electrons. The summed E-state index contributed by atoms with van der Waals surface area (Å²) in [6.45, 7) is 3.37. The van der Waals surface area contributed by atoms with Gasteiger partial charge in [-0.3, -0.25) is 9.69 Å². The van der Waals surface area contributed by atoms with E-state index in [9.17, 15) is 4.79 Å². The van der Waals surface area contributed by atoms with Crippen LogP contribution in [0.4, 0.5) is 0 Å². The number of hydrogen-bond donors (Lipinski definition) is 1. The Morgan fingerprint density at radius 3 is 2.80 bits per heavy atom. The number of nitrogens with zero attached hydrogens (tertiary/aromatic N) is 1. The van der Waals surface area contributed by atoms with Gasteiger partial charge in [-0.05, 0) is 19.1 Å². The molecule has 0 bridgehead atoms. The molecule has 1 aromatic rings. The van der Waals surface area contributed by atoms with Crippen LogP contribution in [0, 0.1) is 5.92 Å². The Hall–Kier alpha value is -0.580. The molecule has 2 rings (SSSR count). The van der Waals surface area contributed by atoms with Crippen molar-refractivity contribution in [3.05, 3.63) is 21.3 Å². The Bertz CT molecular complexity index is 373. The standard InChI is InChI=1S/C10H12ClNO2S/c1-6(8-2-3-9(11)15-8)12-4-7(5-12)10(13)14/h2-3,6-7H,4-5H2,1H3,(H,13,14). The van der Waals surface area contributed by atoms with Crippen LogP contribution in [-0.4, -0.2) is 29.1 Å². The Balaban J connectivity index is 1.94. The number of carboxylic acids is 1. The zero-order valence-corrected chi connectivity index (χ0v) is 9.88.